The average Bonchev–Trinajstić information content (AvgIpc) is 3.17. The summed E-state index contributed by atoms with van der Waals surface area (Å²) in [5.41, 5.74) is 1.09. The number of hydrogen-bond donors (Lipinski definition) is 1. The third kappa shape index (κ3) is 4.65. The number of sulfonamides is 1. The molecule has 0 saturated carbocycles. The summed E-state index contributed by atoms with van der Waals surface area (Å²) < 4.78 is 34.1. The third-order valence-electron chi connectivity index (χ3n) is 4.67. The first kappa shape index (κ1) is 19.4. The molecule has 1 atom stereocenters. The molecule has 1 N–H and O–H groups in total. The quantitative estimate of drug-likeness (QED) is 0.717. The average molecular weight is 439 g/mol. The number of rotatable bonds is 7. The van der Waals surface area contributed by atoms with Gasteiger partial charge in [0.1, 0.15) is 5.75 Å². The van der Waals surface area contributed by atoms with E-state index in [2.05, 4.69) is 25.6 Å². The molecule has 5 nitrogen and oxygen atoms in total. The van der Waals surface area contributed by atoms with E-state index in [0.29, 0.717) is 6.54 Å². The highest BCUT2D eigenvalue weighted by atomic mass is 79.9. The molecule has 0 radical (unpaired) electrons. The molecule has 0 spiro atoms. The van der Waals surface area contributed by atoms with Crippen LogP contribution >= 0.6 is 15.9 Å². The van der Waals surface area contributed by atoms with Crippen LogP contribution in [0.2, 0.25) is 0 Å². The fraction of sp³-hybridized carbons (Fsp3) is 0.368. The minimum atomic E-state index is -3.54. The first-order valence-electron chi connectivity index (χ1n) is 8.63. The standard InChI is InChI=1S/C19H23BrN2O3S/c1-25-17-8-4-15(5-9-17)19(22-12-2-3-13-22)14-21-26(23,24)18-10-6-16(20)7-11-18/h4-11,19,21H,2-3,12-14H2,1H3. The summed E-state index contributed by atoms with van der Waals surface area (Å²) in [5.74, 6) is 0.796. The summed E-state index contributed by atoms with van der Waals surface area (Å²) in [6.45, 7) is 2.30. The van der Waals surface area contributed by atoms with E-state index >= 15 is 0 Å². The van der Waals surface area contributed by atoms with Crippen molar-refractivity contribution in [3.05, 3.63) is 58.6 Å². The lowest BCUT2D eigenvalue weighted by Gasteiger charge is -2.28. The maximum Gasteiger partial charge on any atom is 0.240 e. The van der Waals surface area contributed by atoms with Crippen LogP contribution in [0, 0.1) is 0 Å². The number of nitrogens with zero attached hydrogens (tertiary/aromatic N) is 1. The summed E-state index contributed by atoms with van der Waals surface area (Å²) in [6.07, 6.45) is 2.29. The fourth-order valence-electron chi connectivity index (χ4n) is 3.22. The number of halogens is 1. The predicted octanol–water partition coefficient (Wildman–Crippen LogP) is 3.57. The Hall–Kier alpha value is -1.41. The molecule has 3 rings (SSSR count). The van der Waals surface area contributed by atoms with Gasteiger partial charge in [0.05, 0.1) is 12.0 Å². The Morgan fingerprint density at radius 2 is 1.69 bits per heavy atom. The van der Waals surface area contributed by atoms with E-state index in [1.54, 1.807) is 31.4 Å². The number of nitrogens with one attached hydrogen (secondary N) is 1. The van der Waals surface area contributed by atoms with Gasteiger partial charge in [-0.2, -0.15) is 0 Å². The highest BCUT2D eigenvalue weighted by molar-refractivity contribution is 9.10. The van der Waals surface area contributed by atoms with Crippen molar-refractivity contribution in [3.63, 3.8) is 0 Å². The minimum Gasteiger partial charge on any atom is -0.497 e. The smallest absolute Gasteiger partial charge is 0.240 e. The zero-order valence-electron chi connectivity index (χ0n) is 14.7. The van der Waals surface area contributed by atoms with Gasteiger partial charge in [0.2, 0.25) is 10.0 Å². The highest BCUT2D eigenvalue weighted by Crippen LogP contribution is 2.27. The predicted molar refractivity (Wildman–Crippen MR) is 106 cm³/mol. The Labute approximate surface area is 163 Å². The molecule has 0 aliphatic carbocycles. The molecule has 0 amide bonds. The van der Waals surface area contributed by atoms with Crippen molar-refractivity contribution in [2.75, 3.05) is 26.7 Å². The number of methoxy groups -OCH3 is 1. The summed E-state index contributed by atoms with van der Waals surface area (Å²) in [6, 6.07) is 14.5. The normalized spacial score (nSPS) is 16.5. The molecule has 7 heteroatoms. The van der Waals surface area contributed by atoms with E-state index in [-0.39, 0.29) is 10.9 Å². The Kier molecular flexibility index (Phi) is 6.34. The lowest BCUT2D eigenvalue weighted by molar-refractivity contribution is 0.246. The molecule has 2 aromatic carbocycles. The summed E-state index contributed by atoms with van der Waals surface area (Å²) in [5, 5.41) is 0. The van der Waals surface area contributed by atoms with Gasteiger partial charge in [-0.15, -0.1) is 0 Å². The van der Waals surface area contributed by atoms with Gasteiger partial charge in [-0.25, -0.2) is 13.1 Å². The van der Waals surface area contributed by atoms with Crippen LogP contribution in [-0.4, -0.2) is 40.1 Å². The molecule has 1 heterocycles. The second-order valence-corrected chi connectivity index (χ2v) is 9.02. The molecule has 1 fully saturated rings. The van der Waals surface area contributed by atoms with Gasteiger partial charge in [-0.1, -0.05) is 28.1 Å². The Morgan fingerprint density at radius 1 is 1.08 bits per heavy atom. The van der Waals surface area contributed by atoms with E-state index in [1.807, 2.05) is 24.3 Å². The summed E-state index contributed by atoms with van der Waals surface area (Å²) in [4.78, 5) is 2.61. The molecule has 2 aromatic rings. The van der Waals surface area contributed by atoms with Crippen LogP contribution in [-0.2, 0) is 10.0 Å². The Morgan fingerprint density at radius 3 is 2.27 bits per heavy atom. The van der Waals surface area contributed by atoms with E-state index in [0.717, 1.165) is 41.7 Å². The minimum absolute atomic E-state index is 0.00799. The molecule has 0 bridgehead atoms. The zero-order valence-corrected chi connectivity index (χ0v) is 17.1. The van der Waals surface area contributed by atoms with Gasteiger partial charge >= 0.3 is 0 Å². The van der Waals surface area contributed by atoms with Crippen molar-refractivity contribution in [1.29, 1.82) is 0 Å². The van der Waals surface area contributed by atoms with Crippen LogP contribution in [0.5, 0.6) is 5.75 Å². The van der Waals surface area contributed by atoms with Crippen molar-refractivity contribution in [2.45, 2.75) is 23.8 Å². The molecule has 0 aromatic heterocycles. The second kappa shape index (κ2) is 8.52. The van der Waals surface area contributed by atoms with E-state index in [1.165, 1.54) is 0 Å². The SMILES string of the molecule is COc1ccc(C(CNS(=O)(=O)c2ccc(Br)cc2)N2CCCC2)cc1. The highest BCUT2D eigenvalue weighted by Gasteiger charge is 2.25. The number of likely N-dealkylation sites (tertiary alicyclic amines) is 1. The van der Waals surface area contributed by atoms with Crippen molar-refractivity contribution in [2.24, 2.45) is 0 Å². The van der Waals surface area contributed by atoms with Crippen molar-refractivity contribution >= 4 is 26.0 Å². The molecule has 1 aliphatic heterocycles. The lowest BCUT2D eigenvalue weighted by Crippen LogP contribution is -2.36. The third-order valence-corrected chi connectivity index (χ3v) is 6.64. The van der Waals surface area contributed by atoms with Crippen LogP contribution in [0.15, 0.2) is 57.9 Å². The van der Waals surface area contributed by atoms with Crippen LogP contribution in [0.1, 0.15) is 24.4 Å². The van der Waals surface area contributed by atoms with Crippen molar-refractivity contribution in [3.8, 4) is 5.75 Å². The molecule has 1 aliphatic rings. The maximum absolute atomic E-state index is 12.6. The van der Waals surface area contributed by atoms with Gasteiger partial charge in [0.25, 0.3) is 0 Å². The van der Waals surface area contributed by atoms with Gasteiger partial charge in [-0.3, -0.25) is 4.90 Å². The van der Waals surface area contributed by atoms with Gasteiger partial charge < -0.3 is 4.74 Å². The summed E-state index contributed by atoms with van der Waals surface area (Å²) >= 11 is 3.33. The Bertz CT molecular complexity index is 817. The lowest BCUT2D eigenvalue weighted by atomic mass is 10.1. The van der Waals surface area contributed by atoms with Crippen LogP contribution in [0.3, 0.4) is 0 Å². The summed E-state index contributed by atoms with van der Waals surface area (Å²) in [7, 11) is -1.91. The first-order chi connectivity index (χ1) is 12.5. The van der Waals surface area contributed by atoms with Crippen LogP contribution < -0.4 is 9.46 Å². The maximum atomic E-state index is 12.6. The van der Waals surface area contributed by atoms with E-state index in [4.69, 9.17) is 4.74 Å². The van der Waals surface area contributed by atoms with Crippen LogP contribution in [0.25, 0.3) is 0 Å². The fourth-order valence-corrected chi connectivity index (χ4v) is 4.53. The van der Waals surface area contributed by atoms with Crippen LogP contribution in [0.4, 0.5) is 0 Å². The number of ether oxygens (including phenoxy) is 1. The molecule has 1 saturated heterocycles. The number of benzene rings is 2. The first-order valence-corrected chi connectivity index (χ1v) is 10.9. The van der Waals surface area contributed by atoms with Gasteiger partial charge in [0, 0.05) is 17.1 Å². The second-order valence-electron chi connectivity index (χ2n) is 6.34. The van der Waals surface area contributed by atoms with E-state index in [9.17, 15) is 8.42 Å². The van der Waals surface area contributed by atoms with Crippen molar-refractivity contribution in [1.82, 2.24) is 9.62 Å². The largest absolute Gasteiger partial charge is 0.497 e. The molecule has 26 heavy (non-hydrogen) atoms. The van der Waals surface area contributed by atoms with Gasteiger partial charge in [0.15, 0.2) is 0 Å². The molecule has 1 unspecified atom stereocenters. The Balaban J connectivity index is 1.78. The monoisotopic (exact) mass is 438 g/mol. The molecular formula is C19H23BrN2O3S. The van der Waals surface area contributed by atoms with E-state index < -0.39 is 10.0 Å². The topological polar surface area (TPSA) is 58.6 Å². The zero-order chi connectivity index (χ0) is 18.6. The number of hydrogen-bond acceptors (Lipinski definition) is 4. The molecule has 140 valence electrons. The van der Waals surface area contributed by atoms with Crippen molar-refractivity contribution < 1.29 is 13.2 Å². The van der Waals surface area contributed by atoms with Gasteiger partial charge in [-0.05, 0) is 67.9 Å². The molecular weight excluding hydrogens is 416 g/mol.